The first-order valence-electron chi connectivity index (χ1n) is 15.4. The summed E-state index contributed by atoms with van der Waals surface area (Å²) < 4.78 is 8.25. The molecule has 0 nitrogen and oxygen atoms in total. The lowest BCUT2D eigenvalue weighted by molar-refractivity contribution is 0.882. The summed E-state index contributed by atoms with van der Waals surface area (Å²) in [6.45, 7) is 0. The van der Waals surface area contributed by atoms with Gasteiger partial charge in [-0.25, -0.2) is 0 Å². The Hall–Kier alpha value is -4.54. The number of rotatable bonds is 3. The number of allylic oxidation sites excluding steroid dienone is 4. The largest absolute Gasteiger partial charge is 0.135 e. The minimum atomic E-state index is 0.269. The highest BCUT2D eigenvalue weighted by Gasteiger charge is 2.25. The molecule has 0 bridgehead atoms. The maximum Gasteiger partial charge on any atom is 0.0433 e. The van der Waals surface area contributed by atoms with Crippen molar-refractivity contribution in [1.29, 1.82) is 0 Å². The van der Waals surface area contributed by atoms with E-state index in [2.05, 4.69) is 140 Å². The summed E-state index contributed by atoms with van der Waals surface area (Å²) in [4.78, 5) is 0. The summed E-state index contributed by atoms with van der Waals surface area (Å²) in [5.74, 6) is 0.269. The Morgan fingerprint density at radius 2 is 0.889 bits per heavy atom. The number of thiophene rings is 3. The average molecular weight is 627 g/mol. The fourth-order valence-corrected chi connectivity index (χ4v) is 11.2. The summed E-state index contributed by atoms with van der Waals surface area (Å²) >= 11 is 5.79. The second-order valence-corrected chi connectivity index (χ2v) is 15.1. The van der Waals surface area contributed by atoms with Crippen LogP contribution in [0.2, 0.25) is 0 Å². The van der Waals surface area contributed by atoms with Gasteiger partial charge >= 0.3 is 0 Å². The van der Waals surface area contributed by atoms with Crippen LogP contribution in [0.5, 0.6) is 0 Å². The first-order chi connectivity index (χ1) is 22.3. The van der Waals surface area contributed by atoms with Crippen molar-refractivity contribution in [2.75, 3.05) is 0 Å². The minimum Gasteiger partial charge on any atom is -0.135 e. The molecule has 0 N–H and O–H groups in total. The zero-order valence-corrected chi connectivity index (χ0v) is 26.7. The molecule has 0 saturated carbocycles. The van der Waals surface area contributed by atoms with E-state index in [4.69, 9.17) is 0 Å². The van der Waals surface area contributed by atoms with Gasteiger partial charge < -0.3 is 0 Å². The molecule has 1 atom stereocenters. The molecule has 0 fully saturated rings. The number of benzene rings is 6. The fourth-order valence-electron chi connectivity index (χ4n) is 7.40. The van der Waals surface area contributed by atoms with Gasteiger partial charge in [0.25, 0.3) is 0 Å². The molecule has 3 aromatic heterocycles. The molecule has 0 radical (unpaired) electrons. The van der Waals surface area contributed by atoms with Crippen molar-refractivity contribution in [3.05, 3.63) is 156 Å². The summed E-state index contributed by atoms with van der Waals surface area (Å²) in [5, 5.41) is 8.15. The second-order valence-electron chi connectivity index (χ2n) is 12.0. The van der Waals surface area contributed by atoms with Crippen LogP contribution in [0, 0.1) is 0 Å². The Bertz CT molecular complexity index is 2690. The molecule has 9 aromatic rings. The van der Waals surface area contributed by atoms with E-state index in [1.165, 1.54) is 88.4 Å². The molecule has 0 saturated heterocycles. The topological polar surface area (TPSA) is 0 Å². The monoisotopic (exact) mass is 626 g/mol. The first-order valence-corrected chi connectivity index (χ1v) is 17.9. The second kappa shape index (κ2) is 9.98. The van der Waals surface area contributed by atoms with Crippen LogP contribution in [0.25, 0.3) is 71.7 Å². The van der Waals surface area contributed by atoms with Crippen molar-refractivity contribution in [1.82, 2.24) is 0 Å². The lowest BCUT2D eigenvalue weighted by atomic mass is 9.80. The molecule has 212 valence electrons. The molecule has 3 heteroatoms. The lowest BCUT2D eigenvalue weighted by Gasteiger charge is -2.24. The van der Waals surface area contributed by atoms with Crippen LogP contribution in [-0.2, 0) is 0 Å². The quantitative estimate of drug-likeness (QED) is 0.183. The van der Waals surface area contributed by atoms with E-state index in [-0.39, 0.29) is 5.92 Å². The molecule has 1 unspecified atom stereocenters. The van der Waals surface area contributed by atoms with Gasteiger partial charge in [-0.05, 0) is 52.5 Å². The first kappa shape index (κ1) is 25.8. The van der Waals surface area contributed by atoms with Crippen LogP contribution >= 0.6 is 34.0 Å². The van der Waals surface area contributed by atoms with Crippen molar-refractivity contribution in [3.8, 4) is 0 Å². The van der Waals surface area contributed by atoms with Crippen LogP contribution in [-0.4, -0.2) is 0 Å². The number of hydrogen-bond donors (Lipinski definition) is 0. The summed E-state index contributed by atoms with van der Waals surface area (Å²) in [6.07, 6.45) is 6.04. The van der Waals surface area contributed by atoms with Gasteiger partial charge in [-0.15, -0.1) is 34.0 Å². The third-order valence-corrected chi connectivity index (χ3v) is 13.1. The maximum absolute atomic E-state index is 2.56. The fraction of sp³-hybridized carbons (Fsp3) is 0.0476. The third kappa shape index (κ3) is 3.95. The maximum atomic E-state index is 2.56. The highest BCUT2D eigenvalue weighted by Crippen LogP contribution is 2.48. The smallest absolute Gasteiger partial charge is 0.0433 e. The van der Waals surface area contributed by atoms with Gasteiger partial charge in [-0.1, -0.05) is 121 Å². The van der Waals surface area contributed by atoms with Crippen molar-refractivity contribution < 1.29 is 0 Å². The zero-order valence-electron chi connectivity index (χ0n) is 24.3. The van der Waals surface area contributed by atoms with Crippen molar-refractivity contribution in [2.24, 2.45) is 0 Å². The summed E-state index contributed by atoms with van der Waals surface area (Å²) in [7, 11) is 0. The number of fused-ring (bicyclic) bond motifs is 9. The predicted molar refractivity (Wildman–Crippen MR) is 201 cm³/mol. The van der Waals surface area contributed by atoms with Gasteiger partial charge in [-0.3, -0.25) is 0 Å². The zero-order chi connectivity index (χ0) is 29.5. The molecule has 1 aliphatic rings. The number of hydrogen-bond acceptors (Lipinski definition) is 3. The van der Waals surface area contributed by atoms with Crippen LogP contribution in [0.4, 0.5) is 0 Å². The molecule has 0 spiro atoms. The van der Waals surface area contributed by atoms with E-state index in [9.17, 15) is 0 Å². The highest BCUT2D eigenvalue weighted by molar-refractivity contribution is 7.27. The third-order valence-electron chi connectivity index (χ3n) is 9.45. The van der Waals surface area contributed by atoms with Gasteiger partial charge in [0.1, 0.15) is 0 Å². The Morgan fingerprint density at radius 3 is 1.51 bits per heavy atom. The van der Waals surface area contributed by atoms with E-state index < -0.39 is 0 Å². The Morgan fingerprint density at radius 1 is 0.422 bits per heavy atom. The molecule has 6 aromatic carbocycles. The highest BCUT2D eigenvalue weighted by atomic mass is 32.1. The summed E-state index contributed by atoms with van der Waals surface area (Å²) in [5.41, 5.74) is 6.89. The molecular weight excluding hydrogens is 601 g/mol. The van der Waals surface area contributed by atoms with E-state index >= 15 is 0 Å². The van der Waals surface area contributed by atoms with E-state index in [0.29, 0.717) is 0 Å². The van der Waals surface area contributed by atoms with Gasteiger partial charge in [0.2, 0.25) is 0 Å². The molecule has 10 rings (SSSR count). The molecule has 0 aliphatic heterocycles. The Balaban J connectivity index is 1.23. The van der Waals surface area contributed by atoms with E-state index in [0.717, 1.165) is 6.42 Å². The minimum absolute atomic E-state index is 0.269. The van der Waals surface area contributed by atoms with Gasteiger partial charge in [0, 0.05) is 66.4 Å². The standard InChI is InChI=1S/C42H26S3/c1-4-19-37-31(10-1)34-16-7-13-28(40(34)43-37)25-22-26(29-14-8-17-35-32-11-2-5-20-38(32)44-41(29)35)24-27(23-25)30-15-9-18-36-33-12-3-6-21-39(33)45-42(30)36/h1-23,26H,24H2. The van der Waals surface area contributed by atoms with Crippen molar-refractivity contribution in [3.63, 3.8) is 0 Å². The normalized spacial score (nSPS) is 15.5. The molecule has 1 aliphatic carbocycles. The van der Waals surface area contributed by atoms with Crippen molar-refractivity contribution in [2.45, 2.75) is 12.3 Å². The van der Waals surface area contributed by atoms with Crippen LogP contribution in [0.1, 0.15) is 29.0 Å². The van der Waals surface area contributed by atoms with Gasteiger partial charge in [0.05, 0.1) is 0 Å². The van der Waals surface area contributed by atoms with E-state index in [1.807, 2.05) is 34.0 Å². The molecular formula is C42H26S3. The van der Waals surface area contributed by atoms with E-state index in [1.54, 1.807) is 0 Å². The summed E-state index contributed by atoms with van der Waals surface area (Å²) in [6, 6.07) is 47.3. The Kier molecular flexibility index (Phi) is 5.71. The van der Waals surface area contributed by atoms with Gasteiger partial charge in [-0.2, -0.15) is 0 Å². The van der Waals surface area contributed by atoms with Crippen molar-refractivity contribution >= 4 is 106 Å². The lowest BCUT2D eigenvalue weighted by Crippen LogP contribution is -2.04. The van der Waals surface area contributed by atoms with Crippen LogP contribution in [0.3, 0.4) is 0 Å². The van der Waals surface area contributed by atoms with Crippen LogP contribution in [0.15, 0.2) is 140 Å². The Labute approximate surface area is 272 Å². The van der Waals surface area contributed by atoms with Gasteiger partial charge in [0.15, 0.2) is 0 Å². The molecule has 45 heavy (non-hydrogen) atoms. The average Bonchev–Trinajstić information content (AvgIpc) is 3.79. The van der Waals surface area contributed by atoms with Crippen LogP contribution < -0.4 is 0 Å². The predicted octanol–water partition coefficient (Wildman–Crippen LogP) is 13.4. The SMILES string of the molecule is C1=C(c2cccc3c2sc2ccccc23)C=C(c2cccc3c2sc2ccccc23)CC1c1cccc2c1sc1ccccc12. The molecule has 0 amide bonds. The molecule has 3 heterocycles.